The molecule has 0 bridgehead atoms. The molecule has 0 saturated heterocycles. The van der Waals surface area contributed by atoms with Gasteiger partial charge in [0.05, 0.1) is 24.8 Å². The van der Waals surface area contributed by atoms with Crippen molar-refractivity contribution in [2.24, 2.45) is 4.99 Å². The van der Waals surface area contributed by atoms with Gasteiger partial charge in [-0.1, -0.05) is 31.9 Å². The van der Waals surface area contributed by atoms with Crippen LogP contribution in [0.1, 0.15) is 39.2 Å². The number of aliphatic imine (C=N–C) groups is 1. The highest BCUT2D eigenvalue weighted by Gasteiger charge is 2.58. The van der Waals surface area contributed by atoms with Crippen molar-refractivity contribution in [3.63, 3.8) is 0 Å². The molecular formula is C33H44N2O5Si2. The Hall–Kier alpha value is -3.15. The number of esters is 1. The molecule has 0 saturated carbocycles. The van der Waals surface area contributed by atoms with E-state index in [1.54, 1.807) is 7.11 Å². The lowest BCUT2D eigenvalue weighted by atomic mass is 9.77. The number of rotatable bonds is 9. The van der Waals surface area contributed by atoms with Crippen LogP contribution in [0.2, 0.25) is 38.3 Å². The van der Waals surface area contributed by atoms with Gasteiger partial charge in [0.2, 0.25) is 5.72 Å². The third-order valence-electron chi connectivity index (χ3n) is 8.68. The number of anilines is 1. The number of fused-ring (bicyclic) bond motifs is 4. The summed E-state index contributed by atoms with van der Waals surface area (Å²) in [4.78, 5) is 20.2. The predicted octanol–water partition coefficient (Wildman–Crippen LogP) is 8.20. The van der Waals surface area contributed by atoms with Gasteiger partial charge in [0.15, 0.2) is 16.6 Å². The molecule has 2 heterocycles. The van der Waals surface area contributed by atoms with E-state index < -0.39 is 27.8 Å². The number of carbonyl (C=O) groups is 1. The van der Waals surface area contributed by atoms with Crippen molar-refractivity contribution in [1.29, 1.82) is 0 Å². The highest BCUT2D eigenvalue weighted by molar-refractivity contribution is 6.86. The van der Waals surface area contributed by atoms with Crippen LogP contribution < -0.4 is 19.1 Å². The molecule has 224 valence electrons. The summed E-state index contributed by atoms with van der Waals surface area (Å²) in [5.74, 6) is 1.75. The maximum absolute atomic E-state index is 13.1. The van der Waals surface area contributed by atoms with Crippen LogP contribution in [0.3, 0.4) is 0 Å². The zero-order valence-electron chi connectivity index (χ0n) is 26.5. The lowest BCUT2D eigenvalue weighted by molar-refractivity contribution is -0.132. The molecule has 0 N–H and O–H groups in total. The van der Waals surface area contributed by atoms with Crippen LogP contribution in [0.25, 0.3) is 10.8 Å². The fourth-order valence-electron chi connectivity index (χ4n) is 6.51. The molecule has 0 fully saturated rings. The maximum atomic E-state index is 13.1. The molecule has 0 aliphatic carbocycles. The Balaban J connectivity index is 1.39. The molecule has 1 spiro atoms. The molecular weight excluding hydrogens is 561 g/mol. The van der Waals surface area contributed by atoms with E-state index in [0.29, 0.717) is 17.5 Å². The largest absolute Gasteiger partial charge is 0.497 e. The summed E-state index contributed by atoms with van der Waals surface area (Å²) in [6.45, 7) is 15.3. The average Bonchev–Trinajstić information content (AvgIpc) is 3.08. The molecule has 3 aromatic rings. The van der Waals surface area contributed by atoms with Crippen molar-refractivity contribution < 1.29 is 23.1 Å². The highest BCUT2D eigenvalue weighted by atomic mass is 28.4. The summed E-state index contributed by atoms with van der Waals surface area (Å²) in [7, 11) is -0.313. The molecule has 1 atom stereocenters. The first-order chi connectivity index (χ1) is 19.7. The van der Waals surface area contributed by atoms with E-state index in [1.165, 1.54) is 6.42 Å². The van der Waals surface area contributed by atoms with Crippen molar-refractivity contribution in [2.45, 2.75) is 83.0 Å². The molecule has 2 aliphatic rings. The quantitative estimate of drug-likeness (QED) is 0.139. The lowest BCUT2D eigenvalue weighted by Crippen LogP contribution is -2.61. The summed E-state index contributed by atoms with van der Waals surface area (Å²) in [6, 6.07) is 17.3. The molecule has 7 nitrogen and oxygen atoms in total. The molecule has 2 aliphatic heterocycles. The van der Waals surface area contributed by atoms with E-state index in [9.17, 15) is 4.79 Å². The number of methoxy groups -OCH3 is 1. The molecule has 0 amide bonds. The fourth-order valence-corrected chi connectivity index (χ4v) is 15.2. The van der Waals surface area contributed by atoms with Gasteiger partial charge in [-0.3, -0.25) is 9.79 Å². The van der Waals surface area contributed by atoms with E-state index in [1.807, 2.05) is 49.7 Å². The molecule has 3 aromatic carbocycles. The van der Waals surface area contributed by atoms with Gasteiger partial charge in [0.25, 0.3) is 0 Å². The van der Waals surface area contributed by atoms with Crippen LogP contribution in [0.5, 0.6) is 17.2 Å². The Bertz CT molecular complexity index is 1550. The van der Waals surface area contributed by atoms with E-state index in [2.05, 4.69) is 64.0 Å². The Morgan fingerprint density at radius 1 is 1.00 bits per heavy atom. The van der Waals surface area contributed by atoms with Crippen LogP contribution in [-0.4, -0.2) is 48.7 Å². The zero-order valence-corrected chi connectivity index (χ0v) is 28.5. The van der Waals surface area contributed by atoms with Crippen molar-refractivity contribution in [3.8, 4) is 17.2 Å². The van der Waals surface area contributed by atoms with Crippen molar-refractivity contribution in [1.82, 2.24) is 0 Å². The molecule has 0 radical (unpaired) electrons. The number of ether oxygens (including phenoxy) is 3. The minimum atomic E-state index is -2.22. The number of hydrogen-bond acceptors (Lipinski definition) is 7. The third-order valence-corrected chi connectivity index (χ3v) is 15.8. The average molecular weight is 605 g/mol. The van der Waals surface area contributed by atoms with E-state index in [-0.39, 0.29) is 5.97 Å². The number of carbonyl (C=O) groups excluding carboxylic acids is 1. The Labute approximate surface area is 252 Å². The topological polar surface area (TPSA) is 69.6 Å². The SMILES string of the molecule is CCCC[Si](C)(C)O[Si](C)(C)CC(=O)Oc1ccc2ccc3c(c2c1)N=CC1(O3)N(C)c2ccc(OC)cc2C1(C)C. The Morgan fingerprint density at radius 2 is 1.71 bits per heavy atom. The zero-order chi connectivity index (χ0) is 30.5. The van der Waals surface area contributed by atoms with Crippen LogP contribution in [0.15, 0.2) is 53.5 Å². The normalized spacial score (nSPS) is 19.0. The van der Waals surface area contributed by atoms with E-state index in [4.69, 9.17) is 23.3 Å². The predicted molar refractivity (Wildman–Crippen MR) is 176 cm³/mol. The number of hydrogen-bond donors (Lipinski definition) is 0. The molecule has 42 heavy (non-hydrogen) atoms. The van der Waals surface area contributed by atoms with E-state index in [0.717, 1.165) is 45.9 Å². The first-order valence-electron chi connectivity index (χ1n) is 14.9. The number of benzene rings is 3. The Kier molecular flexibility index (Phi) is 7.83. The summed E-state index contributed by atoms with van der Waals surface area (Å²) in [5.41, 5.74) is 1.73. The minimum Gasteiger partial charge on any atom is -0.497 e. The van der Waals surface area contributed by atoms with Crippen LogP contribution >= 0.6 is 0 Å². The smallest absolute Gasteiger partial charge is 0.310 e. The van der Waals surface area contributed by atoms with Crippen molar-refractivity contribution in [3.05, 3.63) is 54.1 Å². The monoisotopic (exact) mass is 604 g/mol. The van der Waals surface area contributed by atoms with Gasteiger partial charge in [-0.25, -0.2) is 0 Å². The second-order valence-electron chi connectivity index (χ2n) is 13.3. The van der Waals surface area contributed by atoms with Crippen LogP contribution in [0.4, 0.5) is 11.4 Å². The van der Waals surface area contributed by atoms with Crippen LogP contribution in [0, 0.1) is 0 Å². The molecule has 1 unspecified atom stereocenters. The van der Waals surface area contributed by atoms with Gasteiger partial charge in [-0.15, -0.1) is 0 Å². The molecule has 0 aromatic heterocycles. The van der Waals surface area contributed by atoms with Gasteiger partial charge in [0, 0.05) is 18.1 Å². The highest BCUT2D eigenvalue weighted by Crippen LogP contribution is 2.55. The van der Waals surface area contributed by atoms with E-state index >= 15 is 0 Å². The minimum absolute atomic E-state index is 0.252. The lowest BCUT2D eigenvalue weighted by Gasteiger charge is -2.45. The van der Waals surface area contributed by atoms with Gasteiger partial charge in [-0.05, 0) is 93.4 Å². The first kappa shape index (κ1) is 30.3. The maximum Gasteiger partial charge on any atom is 0.310 e. The summed E-state index contributed by atoms with van der Waals surface area (Å²) in [6.07, 6.45) is 4.23. The second kappa shape index (κ2) is 10.8. The second-order valence-corrected chi connectivity index (χ2v) is 22.0. The van der Waals surface area contributed by atoms with Gasteiger partial charge in [-0.2, -0.15) is 0 Å². The fraction of sp³-hybridized carbons (Fsp3) is 0.455. The standard InChI is InChI=1S/C33H44N2O5Si2/c1-10-11-18-41(6,7)40-42(8,9)21-30(36)38-25-14-12-23-13-17-29-31(26(23)19-25)34-22-33(39-29)32(2,3)27-20-24(37-5)15-16-28(27)35(33)4/h12-17,19-20,22H,10-11,18,21H2,1-9H3. The number of nitrogens with zero attached hydrogens (tertiary/aromatic N) is 2. The number of likely N-dealkylation sites (N-methyl/N-ethyl adjacent to an activating group) is 1. The van der Waals surface area contributed by atoms with Crippen molar-refractivity contribution in [2.75, 3.05) is 19.1 Å². The molecule has 9 heteroatoms. The van der Waals surface area contributed by atoms with Crippen molar-refractivity contribution >= 4 is 51.0 Å². The van der Waals surface area contributed by atoms with Gasteiger partial charge >= 0.3 is 5.97 Å². The first-order valence-corrected chi connectivity index (χ1v) is 21.1. The summed E-state index contributed by atoms with van der Waals surface area (Å²) >= 11 is 0. The Morgan fingerprint density at radius 3 is 2.43 bits per heavy atom. The summed E-state index contributed by atoms with van der Waals surface area (Å²) in [5, 5.41) is 1.88. The van der Waals surface area contributed by atoms with Gasteiger partial charge in [0.1, 0.15) is 22.9 Å². The van der Waals surface area contributed by atoms with Gasteiger partial charge < -0.3 is 23.2 Å². The third kappa shape index (κ3) is 5.38. The summed E-state index contributed by atoms with van der Waals surface area (Å²) < 4.78 is 24.9. The van der Waals surface area contributed by atoms with Crippen LogP contribution in [-0.2, 0) is 14.3 Å². The molecule has 5 rings (SSSR count). The number of unbranched alkanes of at least 4 members (excludes halogenated alkanes) is 1.